The molecule has 140 valence electrons. The molecule has 0 spiro atoms. The van der Waals surface area contributed by atoms with Gasteiger partial charge in [0.1, 0.15) is 0 Å². The first kappa shape index (κ1) is 20.9. The Morgan fingerprint density at radius 2 is 1.65 bits per heavy atom. The monoisotopic (exact) mass is 483 g/mol. The Balaban J connectivity index is 0.00000243. The molecule has 0 aliphatic heterocycles. The second-order valence-corrected chi connectivity index (χ2v) is 7.93. The summed E-state index contributed by atoms with van der Waals surface area (Å²) in [4.78, 5) is 5.15. The Bertz CT molecular complexity index is 733. The molecule has 1 fully saturated rings. The lowest BCUT2D eigenvalue weighted by atomic mass is 9.96. The van der Waals surface area contributed by atoms with E-state index in [-0.39, 0.29) is 29.4 Å². The van der Waals surface area contributed by atoms with Gasteiger partial charge in [-0.25, -0.2) is 0 Å². The quantitative estimate of drug-likeness (QED) is 0.361. The Labute approximate surface area is 175 Å². The van der Waals surface area contributed by atoms with Crippen molar-refractivity contribution in [3.05, 3.63) is 66.2 Å². The molecule has 2 aromatic rings. The van der Waals surface area contributed by atoms with Crippen molar-refractivity contribution in [1.82, 2.24) is 10.6 Å². The van der Waals surface area contributed by atoms with Gasteiger partial charge in [0.2, 0.25) is 0 Å². The fraction of sp³-hybridized carbons (Fsp3) is 0.350. The van der Waals surface area contributed by atoms with Gasteiger partial charge in [-0.3, -0.25) is 9.20 Å². The maximum Gasteiger partial charge on any atom is 0.191 e. The molecular formula is C20H26IN3OS. The lowest BCUT2D eigenvalue weighted by Gasteiger charge is -2.19. The van der Waals surface area contributed by atoms with Gasteiger partial charge in [-0.2, -0.15) is 0 Å². The molecule has 0 saturated heterocycles. The summed E-state index contributed by atoms with van der Waals surface area (Å²) in [6.07, 6.45) is 2.41. The van der Waals surface area contributed by atoms with Gasteiger partial charge in [0.15, 0.2) is 5.96 Å². The van der Waals surface area contributed by atoms with Crippen LogP contribution in [0, 0.1) is 0 Å². The van der Waals surface area contributed by atoms with Gasteiger partial charge >= 0.3 is 0 Å². The molecule has 0 bridgehead atoms. The zero-order valence-corrected chi connectivity index (χ0v) is 18.1. The topological polar surface area (TPSA) is 53.5 Å². The number of benzene rings is 2. The number of nitrogens with zero attached hydrogens (tertiary/aromatic N) is 1. The molecule has 26 heavy (non-hydrogen) atoms. The van der Waals surface area contributed by atoms with Crippen LogP contribution in [0.25, 0.3) is 0 Å². The van der Waals surface area contributed by atoms with Crippen molar-refractivity contribution in [2.75, 3.05) is 25.9 Å². The molecule has 0 radical (unpaired) electrons. The van der Waals surface area contributed by atoms with Crippen LogP contribution in [0.2, 0.25) is 0 Å². The Morgan fingerprint density at radius 1 is 1.04 bits per heavy atom. The van der Waals surface area contributed by atoms with Crippen LogP contribution >= 0.6 is 24.0 Å². The highest BCUT2D eigenvalue weighted by Gasteiger charge is 2.43. The summed E-state index contributed by atoms with van der Waals surface area (Å²) in [6, 6.07) is 20.2. The van der Waals surface area contributed by atoms with Crippen molar-refractivity contribution in [1.29, 1.82) is 0 Å². The molecule has 4 nitrogen and oxygen atoms in total. The predicted molar refractivity (Wildman–Crippen MR) is 120 cm³/mol. The molecular weight excluding hydrogens is 457 g/mol. The summed E-state index contributed by atoms with van der Waals surface area (Å²) in [5.74, 6) is 1.33. The lowest BCUT2D eigenvalue weighted by Crippen LogP contribution is -2.42. The van der Waals surface area contributed by atoms with E-state index in [1.165, 1.54) is 18.4 Å². The molecule has 1 unspecified atom stereocenters. The molecule has 3 rings (SSSR count). The minimum absolute atomic E-state index is 0. The molecule has 2 N–H and O–H groups in total. The number of guanidine groups is 1. The van der Waals surface area contributed by atoms with Crippen LogP contribution < -0.4 is 10.6 Å². The molecule has 0 heterocycles. The van der Waals surface area contributed by atoms with Crippen molar-refractivity contribution in [3.63, 3.8) is 0 Å². The highest BCUT2D eigenvalue weighted by Crippen LogP contribution is 2.47. The zero-order valence-electron chi connectivity index (χ0n) is 15.0. The van der Waals surface area contributed by atoms with E-state index in [2.05, 4.69) is 46.0 Å². The number of hydrogen-bond donors (Lipinski definition) is 2. The van der Waals surface area contributed by atoms with E-state index in [1.807, 2.05) is 30.3 Å². The number of rotatable bonds is 7. The van der Waals surface area contributed by atoms with Crippen LogP contribution in [0.3, 0.4) is 0 Å². The van der Waals surface area contributed by atoms with Crippen LogP contribution in [0.15, 0.2) is 70.6 Å². The minimum atomic E-state index is -0.985. The first-order chi connectivity index (χ1) is 12.2. The highest BCUT2D eigenvalue weighted by molar-refractivity contribution is 14.0. The third-order valence-electron chi connectivity index (χ3n) is 4.64. The van der Waals surface area contributed by atoms with Crippen LogP contribution in [-0.2, 0) is 16.2 Å². The van der Waals surface area contributed by atoms with Gasteiger partial charge in [-0.05, 0) is 30.5 Å². The third kappa shape index (κ3) is 5.54. The summed E-state index contributed by atoms with van der Waals surface area (Å²) >= 11 is 0. The minimum Gasteiger partial charge on any atom is -0.356 e. The molecule has 2 aromatic carbocycles. The van der Waals surface area contributed by atoms with Crippen LogP contribution in [0.5, 0.6) is 0 Å². The molecule has 1 saturated carbocycles. The standard InChI is InChI=1S/C20H25N3OS.HI/c1-21-19(22-14-15-25(24)18-10-6-3-7-11-18)23-16-20(12-13-20)17-8-4-2-5-9-17;/h2-11H,12-16H2,1H3,(H2,21,22,23);1H. The second kappa shape index (κ2) is 10.1. The molecule has 1 atom stereocenters. The van der Waals surface area contributed by atoms with E-state index >= 15 is 0 Å². The summed E-state index contributed by atoms with van der Waals surface area (Å²) < 4.78 is 12.2. The Morgan fingerprint density at radius 3 is 2.23 bits per heavy atom. The van der Waals surface area contributed by atoms with Gasteiger partial charge in [0.25, 0.3) is 0 Å². The van der Waals surface area contributed by atoms with E-state index in [0.717, 1.165) is 17.4 Å². The SMILES string of the molecule is CN=C(NCCS(=O)c1ccccc1)NCC1(c2ccccc2)CC1.I. The molecule has 0 amide bonds. The smallest absolute Gasteiger partial charge is 0.191 e. The fourth-order valence-corrected chi connectivity index (χ4v) is 3.92. The molecule has 6 heteroatoms. The fourth-order valence-electron chi connectivity index (χ4n) is 2.94. The van der Waals surface area contributed by atoms with E-state index in [1.54, 1.807) is 7.05 Å². The Kier molecular flexibility index (Phi) is 8.09. The third-order valence-corrected chi connectivity index (χ3v) is 6.02. The average Bonchev–Trinajstić information content (AvgIpc) is 3.47. The van der Waals surface area contributed by atoms with Gasteiger partial charge in [-0.1, -0.05) is 48.5 Å². The largest absolute Gasteiger partial charge is 0.356 e. The van der Waals surface area contributed by atoms with Crippen LogP contribution in [0.1, 0.15) is 18.4 Å². The summed E-state index contributed by atoms with van der Waals surface area (Å²) in [6.45, 7) is 1.50. The van der Waals surface area contributed by atoms with Gasteiger partial charge in [0.05, 0.1) is 10.8 Å². The van der Waals surface area contributed by atoms with Crippen molar-refractivity contribution in [3.8, 4) is 0 Å². The van der Waals surface area contributed by atoms with Crippen molar-refractivity contribution < 1.29 is 4.21 Å². The van der Waals surface area contributed by atoms with E-state index in [4.69, 9.17) is 0 Å². The molecule has 1 aliphatic rings. The number of nitrogens with one attached hydrogen (secondary N) is 2. The summed E-state index contributed by atoms with van der Waals surface area (Å²) in [7, 11) is 0.784. The normalized spacial score (nSPS) is 16.3. The van der Waals surface area contributed by atoms with Crippen molar-refractivity contribution >= 4 is 40.7 Å². The van der Waals surface area contributed by atoms with Gasteiger partial charge in [0, 0.05) is 36.2 Å². The first-order valence-electron chi connectivity index (χ1n) is 8.67. The van der Waals surface area contributed by atoms with Gasteiger partial charge in [-0.15, -0.1) is 24.0 Å². The second-order valence-electron chi connectivity index (χ2n) is 6.36. The zero-order chi connectivity index (χ0) is 17.5. The predicted octanol–water partition coefficient (Wildman–Crippen LogP) is 3.31. The van der Waals surface area contributed by atoms with Crippen molar-refractivity contribution in [2.45, 2.75) is 23.2 Å². The summed E-state index contributed by atoms with van der Waals surface area (Å²) in [5.41, 5.74) is 1.63. The van der Waals surface area contributed by atoms with E-state index < -0.39 is 10.8 Å². The first-order valence-corrected chi connectivity index (χ1v) is 9.99. The highest BCUT2D eigenvalue weighted by atomic mass is 127. The number of hydrogen-bond acceptors (Lipinski definition) is 2. The average molecular weight is 483 g/mol. The summed E-state index contributed by atoms with van der Waals surface area (Å²) in [5, 5.41) is 6.69. The van der Waals surface area contributed by atoms with Crippen molar-refractivity contribution in [2.24, 2.45) is 4.99 Å². The van der Waals surface area contributed by atoms with Crippen LogP contribution in [0.4, 0.5) is 0 Å². The lowest BCUT2D eigenvalue weighted by molar-refractivity contribution is 0.647. The molecule has 1 aliphatic carbocycles. The maximum atomic E-state index is 12.2. The number of aliphatic imine (C=N–C) groups is 1. The maximum absolute atomic E-state index is 12.2. The van der Waals surface area contributed by atoms with Crippen LogP contribution in [-0.4, -0.2) is 36.1 Å². The number of halogens is 1. The van der Waals surface area contributed by atoms with E-state index in [9.17, 15) is 4.21 Å². The molecule has 0 aromatic heterocycles. The van der Waals surface area contributed by atoms with E-state index in [0.29, 0.717) is 12.3 Å². The van der Waals surface area contributed by atoms with Gasteiger partial charge < -0.3 is 10.6 Å². The Hall–Kier alpha value is -1.41.